The third-order valence-electron chi connectivity index (χ3n) is 3.60. The summed E-state index contributed by atoms with van der Waals surface area (Å²) in [5, 5.41) is 18.7. The number of thiazole rings is 1. The normalized spacial score (nSPS) is 12.8. The molecule has 0 aliphatic rings. The van der Waals surface area contributed by atoms with E-state index in [9.17, 15) is 5.11 Å². The van der Waals surface area contributed by atoms with Gasteiger partial charge in [0, 0.05) is 18.7 Å². The van der Waals surface area contributed by atoms with Gasteiger partial charge in [-0.1, -0.05) is 23.5 Å². The first-order valence-corrected chi connectivity index (χ1v) is 7.92. The first kappa shape index (κ1) is 15.3. The number of para-hydroxylation sites is 1. The average molecular weight is 327 g/mol. The van der Waals surface area contributed by atoms with Crippen molar-refractivity contribution >= 4 is 27.3 Å². The van der Waals surface area contributed by atoms with Crippen LogP contribution in [0, 0.1) is 0 Å². The number of fused-ring (bicyclic) bond motifs is 1. The Bertz CT molecular complexity index is 954. The number of phenols is 1. The molecule has 0 saturated heterocycles. The molecule has 3 aromatic rings. The lowest BCUT2D eigenvalue weighted by atomic mass is 10.1. The van der Waals surface area contributed by atoms with E-state index in [1.807, 2.05) is 30.7 Å². The van der Waals surface area contributed by atoms with Gasteiger partial charge in [0.25, 0.3) is 0 Å². The van der Waals surface area contributed by atoms with Crippen molar-refractivity contribution in [1.29, 1.82) is 0 Å². The maximum absolute atomic E-state index is 10.1. The Morgan fingerprint density at radius 2 is 2.00 bits per heavy atom. The van der Waals surface area contributed by atoms with Gasteiger partial charge in [-0.15, -0.1) is 5.10 Å². The monoisotopic (exact) mass is 327 g/mol. The highest BCUT2D eigenvalue weighted by Crippen LogP contribution is 2.24. The van der Waals surface area contributed by atoms with Gasteiger partial charge in [0.15, 0.2) is 0 Å². The molecule has 0 bridgehead atoms. The molecule has 0 fully saturated rings. The standard InChI is InChI=1S/C17H17N3O2S/c1-11(13-9-8-12(22-3)10-15(13)21)18-19-17-20(2)14-6-4-5-7-16(14)23-17/h4-10,21H,1-3H3/b18-11+,19-17+. The fraction of sp³-hybridized carbons (Fsp3) is 0.176. The summed E-state index contributed by atoms with van der Waals surface area (Å²) in [5.74, 6) is 0.730. The highest BCUT2D eigenvalue weighted by molar-refractivity contribution is 7.16. The Hall–Kier alpha value is -2.60. The smallest absolute Gasteiger partial charge is 0.211 e. The quantitative estimate of drug-likeness (QED) is 0.593. The number of aryl methyl sites for hydroxylation is 1. The van der Waals surface area contributed by atoms with Gasteiger partial charge >= 0.3 is 0 Å². The van der Waals surface area contributed by atoms with Crippen molar-refractivity contribution in [3.8, 4) is 11.5 Å². The summed E-state index contributed by atoms with van der Waals surface area (Å²) in [7, 11) is 3.53. The van der Waals surface area contributed by atoms with Gasteiger partial charge in [-0.3, -0.25) is 0 Å². The molecule has 1 aromatic heterocycles. The highest BCUT2D eigenvalue weighted by atomic mass is 32.1. The number of phenolic OH excluding ortho intramolecular Hbond substituents is 1. The van der Waals surface area contributed by atoms with Crippen molar-refractivity contribution in [1.82, 2.24) is 4.57 Å². The molecule has 6 heteroatoms. The van der Waals surface area contributed by atoms with Gasteiger partial charge in [0.05, 0.1) is 23.0 Å². The minimum Gasteiger partial charge on any atom is -0.507 e. The lowest BCUT2D eigenvalue weighted by molar-refractivity contribution is 0.407. The SMILES string of the molecule is COc1ccc(/C(C)=N/N=c2/sc3ccccc3n2C)c(O)c1. The minimum absolute atomic E-state index is 0.126. The largest absolute Gasteiger partial charge is 0.507 e. The summed E-state index contributed by atoms with van der Waals surface area (Å²) in [6.45, 7) is 1.82. The van der Waals surface area contributed by atoms with Crippen LogP contribution in [0.1, 0.15) is 12.5 Å². The lowest BCUT2D eigenvalue weighted by Crippen LogP contribution is -2.09. The Balaban J connectivity index is 2.01. The van der Waals surface area contributed by atoms with Crippen LogP contribution in [0.15, 0.2) is 52.7 Å². The maximum Gasteiger partial charge on any atom is 0.211 e. The van der Waals surface area contributed by atoms with Gasteiger partial charge in [-0.2, -0.15) is 5.10 Å². The first-order valence-electron chi connectivity index (χ1n) is 7.10. The molecule has 0 aliphatic carbocycles. The zero-order chi connectivity index (χ0) is 16.4. The van der Waals surface area contributed by atoms with E-state index in [0.717, 1.165) is 15.0 Å². The van der Waals surface area contributed by atoms with Crippen molar-refractivity contribution in [2.45, 2.75) is 6.92 Å². The molecule has 0 saturated carbocycles. The number of rotatable bonds is 3. The summed E-state index contributed by atoms with van der Waals surface area (Å²) in [5.41, 5.74) is 2.40. The summed E-state index contributed by atoms with van der Waals surface area (Å²) >= 11 is 1.58. The summed E-state index contributed by atoms with van der Waals surface area (Å²) in [4.78, 5) is 0.804. The molecular weight excluding hydrogens is 310 g/mol. The second-order valence-electron chi connectivity index (χ2n) is 5.08. The van der Waals surface area contributed by atoms with E-state index in [4.69, 9.17) is 4.74 Å². The fourth-order valence-corrected chi connectivity index (χ4v) is 3.26. The van der Waals surface area contributed by atoms with Gasteiger partial charge in [0.2, 0.25) is 4.80 Å². The van der Waals surface area contributed by atoms with Crippen LogP contribution in [0.5, 0.6) is 11.5 Å². The molecule has 23 heavy (non-hydrogen) atoms. The molecule has 118 valence electrons. The Labute approximate surface area is 137 Å². The number of nitrogens with zero attached hydrogens (tertiary/aromatic N) is 3. The molecule has 0 atom stereocenters. The van der Waals surface area contributed by atoms with E-state index in [1.165, 1.54) is 0 Å². The van der Waals surface area contributed by atoms with Crippen molar-refractivity contribution in [2.24, 2.45) is 17.3 Å². The minimum atomic E-state index is 0.126. The average Bonchev–Trinajstić information content (AvgIpc) is 2.89. The first-order chi connectivity index (χ1) is 11.1. The van der Waals surface area contributed by atoms with Crippen molar-refractivity contribution < 1.29 is 9.84 Å². The number of ether oxygens (including phenoxy) is 1. The molecule has 1 N–H and O–H groups in total. The second kappa shape index (κ2) is 6.26. The Morgan fingerprint density at radius 1 is 1.22 bits per heavy atom. The molecular formula is C17H17N3O2S. The summed E-state index contributed by atoms with van der Waals surface area (Å²) in [6, 6.07) is 13.2. The van der Waals surface area contributed by atoms with Crippen LogP contribution in [0.2, 0.25) is 0 Å². The van der Waals surface area contributed by atoms with Crippen molar-refractivity contribution in [2.75, 3.05) is 7.11 Å². The van der Waals surface area contributed by atoms with Gasteiger partial charge < -0.3 is 14.4 Å². The molecule has 0 unspecified atom stereocenters. The van der Waals surface area contributed by atoms with E-state index in [0.29, 0.717) is 17.0 Å². The molecule has 0 amide bonds. The summed E-state index contributed by atoms with van der Waals surface area (Å²) < 4.78 is 8.25. The number of aromatic nitrogens is 1. The molecule has 3 rings (SSSR count). The molecule has 0 aliphatic heterocycles. The van der Waals surface area contributed by atoms with Gasteiger partial charge in [0.1, 0.15) is 11.5 Å². The summed E-state index contributed by atoms with van der Waals surface area (Å²) in [6.07, 6.45) is 0. The number of aromatic hydroxyl groups is 1. The van der Waals surface area contributed by atoms with E-state index in [-0.39, 0.29) is 5.75 Å². The number of benzene rings is 2. The lowest BCUT2D eigenvalue weighted by Gasteiger charge is -2.05. The number of methoxy groups -OCH3 is 1. The molecule has 2 aromatic carbocycles. The molecule has 1 heterocycles. The molecule has 0 radical (unpaired) electrons. The van der Waals surface area contributed by atoms with E-state index < -0.39 is 0 Å². The maximum atomic E-state index is 10.1. The van der Waals surface area contributed by atoms with E-state index >= 15 is 0 Å². The predicted molar refractivity (Wildman–Crippen MR) is 93.2 cm³/mol. The van der Waals surface area contributed by atoms with Crippen LogP contribution in [0.25, 0.3) is 10.2 Å². The number of hydrogen-bond acceptors (Lipinski definition) is 5. The highest BCUT2D eigenvalue weighted by Gasteiger charge is 2.06. The van der Waals surface area contributed by atoms with Crippen LogP contribution in [0.3, 0.4) is 0 Å². The van der Waals surface area contributed by atoms with Crippen LogP contribution in [0.4, 0.5) is 0 Å². The third-order valence-corrected chi connectivity index (χ3v) is 4.70. The zero-order valence-corrected chi connectivity index (χ0v) is 14.0. The number of hydrogen-bond donors (Lipinski definition) is 1. The van der Waals surface area contributed by atoms with E-state index in [1.54, 1.807) is 36.6 Å². The Morgan fingerprint density at radius 3 is 2.70 bits per heavy atom. The molecule has 0 spiro atoms. The van der Waals surface area contributed by atoms with Crippen LogP contribution < -0.4 is 9.54 Å². The molecule has 5 nitrogen and oxygen atoms in total. The van der Waals surface area contributed by atoms with Crippen LogP contribution in [-0.4, -0.2) is 22.5 Å². The second-order valence-corrected chi connectivity index (χ2v) is 6.09. The van der Waals surface area contributed by atoms with E-state index in [2.05, 4.69) is 22.3 Å². The van der Waals surface area contributed by atoms with Gasteiger partial charge in [-0.05, 0) is 31.2 Å². The van der Waals surface area contributed by atoms with Gasteiger partial charge in [-0.25, -0.2) is 0 Å². The Kier molecular flexibility index (Phi) is 4.16. The predicted octanol–water partition coefficient (Wildman–Crippen LogP) is 3.28. The topological polar surface area (TPSA) is 59.1 Å². The third kappa shape index (κ3) is 2.98. The zero-order valence-electron chi connectivity index (χ0n) is 13.1. The fourth-order valence-electron chi connectivity index (χ4n) is 2.29. The van der Waals surface area contributed by atoms with Crippen molar-refractivity contribution in [3.05, 3.63) is 52.8 Å². The van der Waals surface area contributed by atoms with Crippen LogP contribution in [-0.2, 0) is 7.05 Å². The van der Waals surface area contributed by atoms with Crippen LogP contribution >= 0.6 is 11.3 Å². The van der Waals surface area contributed by atoms with Crippen molar-refractivity contribution in [3.63, 3.8) is 0 Å².